The van der Waals surface area contributed by atoms with E-state index in [2.05, 4.69) is 6.58 Å². The molecule has 1 aliphatic rings. The third kappa shape index (κ3) is 4.82. The lowest BCUT2D eigenvalue weighted by atomic mass is 10.1. The zero-order valence-electron chi connectivity index (χ0n) is 15.6. The summed E-state index contributed by atoms with van der Waals surface area (Å²) in [6, 6.07) is 15.4. The summed E-state index contributed by atoms with van der Waals surface area (Å²) in [7, 11) is 0. The predicted molar refractivity (Wildman–Crippen MR) is 118 cm³/mol. The normalized spacial score (nSPS) is 15.2. The zero-order valence-corrected chi connectivity index (χ0v) is 17.2. The van der Waals surface area contributed by atoms with Crippen LogP contribution >= 0.6 is 24.0 Å². The first-order valence-corrected chi connectivity index (χ1v) is 10.1. The highest BCUT2D eigenvalue weighted by atomic mass is 32.2. The molecule has 1 saturated heterocycles. The third-order valence-electron chi connectivity index (χ3n) is 3.98. The lowest BCUT2D eigenvalue weighted by molar-refractivity contribution is -0.122. The van der Waals surface area contributed by atoms with Crippen LogP contribution in [0.3, 0.4) is 0 Å². The van der Waals surface area contributed by atoms with Gasteiger partial charge in [0, 0.05) is 0 Å². The molecule has 0 N–H and O–H groups in total. The molecule has 2 aromatic rings. The number of ether oxygens (including phenoxy) is 2. The Bertz CT molecular complexity index is 909. The highest BCUT2D eigenvalue weighted by Crippen LogP contribution is 2.35. The second kappa shape index (κ2) is 9.57. The number of hydrogen-bond acceptors (Lipinski definition) is 5. The van der Waals surface area contributed by atoms with Crippen molar-refractivity contribution in [1.29, 1.82) is 0 Å². The smallest absolute Gasteiger partial charge is 0.266 e. The van der Waals surface area contributed by atoms with E-state index in [1.807, 2.05) is 61.5 Å². The van der Waals surface area contributed by atoms with E-state index in [4.69, 9.17) is 21.7 Å². The van der Waals surface area contributed by atoms with Gasteiger partial charge in [-0.3, -0.25) is 9.69 Å². The summed E-state index contributed by atoms with van der Waals surface area (Å²) in [6.45, 7) is 6.97. The van der Waals surface area contributed by atoms with E-state index < -0.39 is 0 Å². The Morgan fingerprint density at radius 1 is 1.14 bits per heavy atom. The van der Waals surface area contributed by atoms with Gasteiger partial charge in [0.1, 0.15) is 10.9 Å². The molecule has 2 aromatic carbocycles. The summed E-state index contributed by atoms with van der Waals surface area (Å²) >= 11 is 6.74. The number of nitrogens with zero attached hydrogens (tertiary/aromatic N) is 1. The molecule has 1 amide bonds. The zero-order chi connectivity index (χ0) is 19.9. The van der Waals surface area contributed by atoms with Crippen LogP contribution in [0.15, 0.2) is 66.1 Å². The molecule has 0 bridgehead atoms. The summed E-state index contributed by atoms with van der Waals surface area (Å²) in [6.07, 6.45) is 3.52. The predicted octanol–water partition coefficient (Wildman–Crippen LogP) is 5.05. The minimum absolute atomic E-state index is 0.0798. The number of carbonyl (C=O) groups is 1. The number of benzene rings is 2. The van der Waals surface area contributed by atoms with Gasteiger partial charge in [-0.05, 0) is 36.3 Å². The van der Waals surface area contributed by atoms with Crippen molar-refractivity contribution in [2.75, 3.05) is 13.2 Å². The lowest BCUT2D eigenvalue weighted by Crippen LogP contribution is -2.27. The van der Waals surface area contributed by atoms with Crippen molar-refractivity contribution >= 4 is 40.3 Å². The number of thiocarbonyl (C=S) groups is 1. The minimum Gasteiger partial charge on any atom is -0.490 e. The Labute approximate surface area is 174 Å². The second-order valence-electron chi connectivity index (χ2n) is 5.99. The van der Waals surface area contributed by atoms with Gasteiger partial charge in [0.05, 0.1) is 18.1 Å². The van der Waals surface area contributed by atoms with Crippen LogP contribution in [0, 0.1) is 0 Å². The van der Waals surface area contributed by atoms with Gasteiger partial charge in [-0.2, -0.15) is 0 Å². The molecule has 1 heterocycles. The molecule has 1 fully saturated rings. The molecule has 28 heavy (non-hydrogen) atoms. The Balaban J connectivity index is 1.81. The van der Waals surface area contributed by atoms with Gasteiger partial charge < -0.3 is 9.47 Å². The van der Waals surface area contributed by atoms with E-state index in [9.17, 15) is 4.79 Å². The molecule has 144 valence electrons. The molecular weight excluding hydrogens is 390 g/mol. The highest BCUT2D eigenvalue weighted by Gasteiger charge is 2.32. The molecule has 0 saturated carbocycles. The van der Waals surface area contributed by atoms with Crippen LogP contribution in [0.4, 0.5) is 0 Å². The molecule has 0 radical (unpaired) electrons. The van der Waals surface area contributed by atoms with Crippen molar-refractivity contribution in [2.24, 2.45) is 0 Å². The number of thioether (sulfide) groups is 1. The fourth-order valence-electron chi connectivity index (χ4n) is 2.70. The van der Waals surface area contributed by atoms with Crippen molar-refractivity contribution in [2.45, 2.75) is 13.5 Å². The second-order valence-corrected chi connectivity index (χ2v) is 7.67. The Morgan fingerprint density at radius 2 is 1.93 bits per heavy atom. The average molecular weight is 412 g/mol. The Kier molecular flexibility index (Phi) is 6.90. The van der Waals surface area contributed by atoms with Crippen LogP contribution < -0.4 is 9.47 Å². The monoisotopic (exact) mass is 411 g/mol. The first-order chi connectivity index (χ1) is 13.6. The Hall–Kier alpha value is -2.57. The molecule has 1 aliphatic heterocycles. The quantitative estimate of drug-likeness (QED) is 0.345. The average Bonchev–Trinajstić information content (AvgIpc) is 2.96. The summed E-state index contributed by atoms with van der Waals surface area (Å²) in [5.41, 5.74) is 1.90. The first kappa shape index (κ1) is 20.2. The van der Waals surface area contributed by atoms with E-state index in [1.165, 1.54) is 11.8 Å². The largest absolute Gasteiger partial charge is 0.490 e. The van der Waals surface area contributed by atoms with Crippen molar-refractivity contribution < 1.29 is 14.3 Å². The van der Waals surface area contributed by atoms with Crippen molar-refractivity contribution in [1.82, 2.24) is 4.90 Å². The van der Waals surface area contributed by atoms with Gasteiger partial charge in [0.25, 0.3) is 5.91 Å². The first-order valence-electron chi connectivity index (χ1n) is 8.92. The molecule has 0 atom stereocenters. The van der Waals surface area contributed by atoms with E-state index in [0.29, 0.717) is 40.5 Å². The molecular formula is C22H21NO3S2. The molecule has 0 aromatic heterocycles. The maximum absolute atomic E-state index is 12.8. The fourth-order valence-corrected chi connectivity index (χ4v) is 3.96. The van der Waals surface area contributed by atoms with Crippen LogP contribution in [-0.2, 0) is 11.3 Å². The number of carbonyl (C=O) groups excluding carboxylic acids is 1. The summed E-state index contributed by atoms with van der Waals surface area (Å²) in [4.78, 5) is 15.1. The number of amides is 1. The van der Waals surface area contributed by atoms with Crippen LogP contribution in [0.1, 0.15) is 18.1 Å². The third-order valence-corrected chi connectivity index (χ3v) is 5.36. The standard InChI is InChI=1S/C22H21NO3S2/c1-3-12-26-18-11-10-17(13-19(18)25-4-2)14-20-21(24)23(22(27)28-20)15-16-8-6-5-7-9-16/h3,5-11,13-14H,1,4,12,15H2,2H3. The molecule has 4 nitrogen and oxygen atoms in total. The van der Waals surface area contributed by atoms with Crippen molar-refractivity contribution in [3.8, 4) is 11.5 Å². The van der Waals surface area contributed by atoms with Crippen LogP contribution in [0.25, 0.3) is 6.08 Å². The summed E-state index contributed by atoms with van der Waals surface area (Å²) in [5, 5.41) is 0. The van der Waals surface area contributed by atoms with E-state index >= 15 is 0 Å². The van der Waals surface area contributed by atoms with E-state index in [-0.39, 0.29) is 5.91 Å². The summed E-state index contributed by atoms with van der Waals surface area (Å²) in [5.74, 6) is 1.21. The SMILES string of the molecule is C=CCOc1ccc(C=C2SC(=S)N(Cc3ccccc3)C2=O)cc1OCC. The van der Waals surface area contributed by atoms with Gasteiger partial charge in [0.2, 0.25) is 0 Å². The van der Waals surface area contributed by atoms with E-state index in [0.717, 1.165) is 11.1 Å². The van der Waals surface area contributed by atoms with Gasteiger partial charge in [-0.1, -0.05) is 73.0 Å². The van der Waals surface area contributed by atoms with Crippen molar-refractivity contribution in [3.63, 3.8) is 0 Å². The highest BCUT2D eigenvalue weighted by molar-refractivity contribution is 8.26. The maximum Gasteiger partial charge on any atom is 0.266 e. The topological polar surface area (TPSA) is 38.8 Å². The van der Waals surface area contributed by atoms with Gasteiger partial charge in [-0.15, -0.1) is 0 Å². The molecule has 0 unspecified atom stereocenters. The molecule has 3 rings (SSSR count). The number of rotatable bonds is 8. The summed E-state index contributed by atoms with van der Waals surface area (Å²) < 4.78 is 11.9. The van der Waals surface area contributed by atoms with E-state index in [1.54, 1.807) is 11.0 Å². The van der Waals surface area contributed by atoms with Gasteiger partial charge in [0.15, 0.2) is 11.5 Å². The van der Waals surface area contributed by atoms with Crippen LogP contribution in [0.2, 0.25) is 0 Å². The minimum atomic E-state index is -0.0798. The van der Waals surface area contributed by atoms with Gasteiger partial charge in [-0.25, -0.2) is 0 Å². The van der Waals surface area contributed by atoms with Crippen LogP contribution in [-0.4, -0.2) is 28.3 Å². The fraction of sp³-hybridized carbons (Fsp3) is 0.182. The van der Waals surface area contributed by atoms with Gasteiger partial charge >= 0.3 is 0 Å². The Morgan fingerprint density at radius 3 is 2.64 bits per heavy atom. The number of hydrogen-bond donors (Lipinski definition) is 0. The molecule has 6 heteroatoms. The molecule has 0 spiro atoms. The van der Waals surface area contributed by atoms with Crippen LogP contribution in [0.5, 0.6) is 11.5 Å². The maximum atomic E-state index is 12.8. The lowest BCUT2D eigenvalue weighted by Gasteiger charge is -2.14. The van der Waals surface area contributed by atoms with Crippen molar-refractivity contribution in [3.05, 3.63) is 77.2 Å². The molecule has 0 aliphatic carbocycles.